The van der Waals surface area contributed by atoms with Crippen molar-refractivity contribution in [2.75, 3.05) is 13.1 Å². The van der Waals surface area contributed by atoms with Gasteiger partial charge in [-0.1, -0.05) is 45.0 Å². The number of aliphatic hydroxyl groups excluding tert-OH is 1. The number of piperidine rings is 1. The van der Waals surface area contributed by atoms with Crippen LogP contribution < -0.4 is 0 Å². The van der Waals surface area contributed by atoms with E-state index >= 15 is 0 Å². The number of carbonyl (C=O) groups excluding carboxylic acids is 1. The molecule has 2 aromatic rings. The average molecular weight is 413 g/mol. The van der Waals surface area contributed by atoms with Gasteiger partial charge in [-0.05, 0) is 53.6 Å². The van der Waals surface area contributed by atoms with Crippen LogP contribution in [0.1, 0.15) is 48.7 Å². The maximum absolute atomic E-state index is 13.6. The molecule has 0 aromatic heterocycles. The van der Waals surface area contributed by atoms with Gasteiger partial charge in [0, 0.05) is 18.7 Å². The molecule has 1 heterocycles. The van der Waals surface area contributed by atoms with Crippen LogP contribution in [-0.2, 0) is 16.6 Å². The van der Waals surface area contributed by atoms with Gasteiger partial charge in [-0.25, -0.2) is 4.39 Å². The molecular formula is C24H28FNO4. The van der Waals surface area contributed by atoms with Crippen molar-refractivity contribution in [3.05, 3.63) is 71.0 Å². The zero-order valence-electron chi connectivity index (χ0n) is 17.6. The van der Waals surface area contributed by atoms with E-state index in [4.69, 9.17) is 0 Å². The molecule has 2 atom stereocenters. The number of rotatable bonds is 4. The van der Waals surface area contributed by atoms with Gasteiger partial charge in [-0.2, -0.15) is 0 Å². The normalized spacial score (nSPS) is 22.0. The van der Waals surface area contributed by atoms with Crippen molar-refractivity contribution in [1.29, 1.82) is 0 Å². The Morgan fingerprint density at radius 2 is 1.83 bits per heavy atom. The zero-order chi connectivity index (χ0) is 22.1. The molecule has 1 fully saturated rings. The summed E-state index contributed by atoms with van der Waals surface area (Å²) in [5.41, 5.74) is 0.414. The van der Waals surface area contributed by atoms with Gasteiger partial charge in [0.1, 0.15) is 11.2 Å². The van der Waals surface area contributed by atoms with Crippen LogP contribution in [-0.4, -0.2) is 46.2 Å². The number of likely N-dealkylation sites (tertiary alicyclic amines) is 1. The summed E-state index contributed by atoms with van der Waals surface area (Å²) in [6, 6.07) is 13.0. The van der Waals surface area contributed by atoms with Crippen molar-refractivity contribution >= 4 is 11.9 Å². The highest BCUT2D eigenvalue weighted by Gasteiger charge is 2.50. The highest BCUT2D eigenvalue weighted by molar-refractivity contribution is 5.95. The summed E-state index contributed by atoms with van der Waals surface area (Å²) in [6.07, 6.45) is -1.05. The molecule has 0 aliphatic carbocycles. The third-order valence-electron chi connectivity index (χ3n) is 5.90. The fraction of sp³-hybridized carbons (Fsp3) is 0.417. The van der Waals surface area contributed by atoms with Gasteiger partial charge in [0.2, 0.25) is 0 Å². The first-order valence-electron chi connectivity index (χ1n) is 10.1. The lowest BCUT2D eigenvalue weighted by Crippen LogP contribution is -2.58. The van der Waals surface area contributed by atoms with E-state index in [1.165, 1.54) is 23.1 Å². The van der Waals surface area contributed by atoms with Gasteiger partial charge in [0.15, 0.2) is 0 Å². The number of nitrogens with zero attached hydrogens (tertiary/aromatic N) is 1. The first kappa shape index (κ1) is 22.0. The summed E-state index contributed by atoms with van der Waals surface area (Å²) in [6.45, 7) is 6.38. The quantitative estimate of drug-likeness (QED) is 0.802. The first-order valence-corrected chi connectivity index (χ1v) is 10.1. The highest BCUT2D eigenvalue weighted by atomic mass is 19.1. The number of amides is 1. The van der Waals surface area contributed by atoms with Crippen LogP contribution in [0.2, 0.25) is 0 Å². The first-order chi connectivity index (χ1) is 14.0. The Morgan fingerprint density at radius 1 is 1.17 bits per heavy atom. The van der Waals surface area contributed by atoms with Crippen LogP contribution >= 0.6 is 0 Å². The summed E-state index contributed by atoms with van der Waals surface area (Å²) >= 11 is 0. The molecule has 6 heteroatoms. The number of benzene rings is 2. The van der Waals surface area contributed by atoms with E-state index in [0.717, 1.165) is 5.56 Å². The van der Waals surface area contributed by atoms with Crippen molar-refractivity contribution in [2.45, 2.75) is 45.1 Å². The number of aliphatic hydroxyl groups is 1. The van der Waals surface area contributed by atoms with Crippen LogP contribution in [0.25, 0.3) is 0 Å². The van der Waals surface area contributed by atoms with Gasteiger partial charge in [-0.3, -0.25) is 9.59 Å². The van der Waals surface area contributed by atoms with Crippen molar-refractivity contribution < 1.29 is 24.2 Å². The van der Waals surface area contributed by atoms with Gasteiger partial charge in [0.25, 0.3) is 5.91 Å². The minimum Gasteiger partial charge on any atom is -0.481 e. The zero-order valence-corrected chi connectivity index (χ0v) is 17.6. The maximum atomic E-state index is 13.6. The Morgan fingerprint density at radius 3 is 2.40 bits per heavy atom. The molecule has 5 nitrogen and oxygen atoms in total. The highest BCUT2D eigenvalue weighted by Crippen LogP contribution is 2.35. The van der Waals surface area contributed by atoms with Crippen LogP contribution in [0.4, 0.5) is 4.39 Å². The number of halogens is 1. The second-order valence-electron chi connectivity index (χ2n) is 9.13. The number of carboxylic acids is 1. The lowest BCUT2D eigenvalue weighted by molar-refractivity contribution is -0.161. The molecule has 0 unspecified atom stereocenters. The smallest absolute Gasteiger partial charge is 0.314 e. The number of carboxylic acid groups (broad SMARTS) is 1. The van der Waals surface area contributed by atoms with E-state index in [9.17, 15) is 24.2 Å². The van der Waals surface area contributed by atoms with Crippen molar-refractivity contribution in [3.63, 3.8) is 0 Å². The predicted octanol–water partition coefficient (Wildman–Crippen LogP) is 3.64. The number of aliphatic carboxylic acids is 1. The van der Waals surface area contributed by atoms with Crippen molar-refractivity contribution in [3.8, 4) is 0 Å². The topological polar surface area (TPSA) is 77.8 Å². The monoisotopic (exact) mass is 413 g/mol. The Hall–Kier alpha value is -2.73. The second kappa shape index (κ2) is 8.19. The molecule has 0 radical (unpaired) electrons. The third-order valence-corrected chi connectivity index (χ3v) is 5.90. The minimum atomic E-state index is -1.59. The third kappa shape index (κ3) is 4.38. The van der Waals surface area contributed by atoms with Crippen LogP contribution in [0, 0.1) is 11.2 Å². The second-order valence-corrected chi connectivity index (χ2v) is 9.13. The number of hydrogen-bond acceptors (Lipinski definition) is 3. The Kier molecular flexibility index (Phi) is 5.99. The molecule has 1 saturated heterocycles. The van der Waals surface area contributed by atoms with E-state index in [-0.39, 0.29) is 37.3 Å². The fourth-order valence-corrected chi connectivity index (χ4v) is 4.02. The summed E-state index contributed by atoms with van der Waals surface area (Å²) in [4.78, 5) is 26.8. The van der Waals surface area contributed by atoms with E-state index < -0.39 is 23.3 Å². The lowest BCUT2D eigenvalue weighted by atomic mass is 9.72. The van der Waals surface area contributed by atoms with E-state index in [1.54, 1.807) is 18.2 Å². The number of carbonyl (C=O) groups is 2. The van der Waals surface area contributed by atoms with E-state index in [1.807, 2.05) is 12.1 Å². The lowest BCUT2D eigenvalue weighted by Gasteiger charge is -2.43. The Labute approximate surface area is 176 Å². The predicted molar refractivity (Wildman–Crippen MR) is 112 cm³/mol. The fourth-order valence-electron chi connectivity index (χ4n) is 4.02. The van der Waals surface area contributed by atoms with Crippen molar-refractivity contribution in [1.82, 2.24) is 4.90 Å². The molecule has 0 spiro atoms. The van der Waals surface area contributed by atoms with Gasteiger partial charge >= 0.3 is 5.97 Å². The largest absolute Gasteiger partial charge is 0.481 e. The van der Waals surface area contributed by atoms with Crippen molar-refractivity contribution in [2.24, 2.45) is 5.41 Å². The standard InChI is InChI=1S/C24H28FNO4/c1-23(2,3)18-9-7-17(8-10-18)21(28)26-12-11-20(27)24(15-26,22(29)30)14-16-5-4-6-19(25)13-16/h4-10,13,20,27H,11-12,14-15H2,1-3H3,(H,29,30)/t20-,24-/m1/s1. The van der Waals surface area contributed by atoms with Crippen LogP contribution in [0.3, 0.4) is 0 Å². The SMILES string of the molecule is CC(C)(C)c1ccc(C(=O)N2CC[C@@H](O)[C@](Cc3cccc(F)c3)(C(=O)O)C2)cc1. The maximum Gasteiger partial charge on any atom is 0.314 e. The van der Waals surface area contributed by atoms with E-state index in [0.29, 0.717) is 11.1 Å². The molecule has 2 aromatic carbocycles. The van der Waals surface area contributed by atoms with Gasteiger partial charge < -0.3 is 15.1 Å². The molecule has 30 heavy (non-hydrogen) atoms. The summed E-state index contributed by atoms with van der Waals surface area (Å²) in [5, 5.41) is 20.6. The summed E-state index contributed by atoms with van der Waals surface area (Å²) in [5.74, 6) is -1.93. The summed E-state index contributed by atoms with van der Waals surface area (Å²) < 4.78 is 13.6. The molecule has 0 saturated carbocycles. The molecule has 1 aliphatic heterocycles. The molecule has 2 N–H and O–H groups in total. The molecular weight excluding hydrogens is 385 g/mol. The van der Waals surface area contributed by atoms with Crippen LogP contribution in [0.15, 0.2) is 48.5 Å². The summed E-state index contributed by atoms with van der Waals surface area (Å²) in [7, 11) is 0. The molecule has 1 amide bonds. The number of hydrogen-bond donors (Lipinski definition) is 2. The Bertz CT molecular complexity index is 935. The molecule has 1 aliphatic rings. The molecule has 0 bridgehead atoms. The van der Waals surface area contributed by atoms with E-state index in [2.05, 4.69) is 20.8 Å². The Balaban J connectivity index is 1.86. The van der Waals surface area contributed by atoms with Crippen LogP contribution in [0.5, 0.6) is 0 Å². The molecule has 3 rings (SSSR count). The van der Waals surface area contributed by atoms with Gasteiger partial charge in [-0.15, -0.1) is 0 Å². The van der Waals surface area contributed by atoms with Gasteiger partial charge in [0.05, 0.1) is 6.10 Å². The molecule has 160 valence electrons. The minimum absolute atomic E-state index is 0.0414. The average Bonchev–Trinajstić information content (AvgIpc) is 2.68.